The van der Waals surface area contributed by atoms with Crippen molar-refractivity contribution in [2.75, 3.05) is 0 Å². The van der Waals surface area contributed by atoms with Crippen molar-refractivity contribution >= 4 is 18.1 Å². The lowest BCUT2D eigenvalue weighted by molar-refractivity contribution is -0.147. The standard InChI is InChI=1S/C12H14O3/c1-3-8-6-5-7-10(9(8)4-2)11(13)12(14)15/h3-7,11,13H,1-2H3,(H,14,15). The van der Waals surface area contributed by atoms with Crippen LogP contribution in [0, 0.1) is 0 Å². The Hall–Kier alpha value is -1.61. The molecule has 0 saturated carbocycles. The predicted molar refractivity (Wildman–Crippen MR) is 58.6 cm³/mol. The molecular weight excluding hydrogens is 192 g/mol. The second kappa shape index (κ2) is 4.75. The molecule has 0 aliphatic carbocycles. The van der Waals surface area contributed by atoms with Gasteiger partial charge >= 0.3 is 5.97 Å². The Kier molecular flexibility index (Phi) is 3.63. The maximum atomic E-state index is 10.7. The molecule has 0 spiro atoms. The summed E-state index contributed by atoms with van der Waals surface area (Å²) in [5.41, 5.74) is 0.431. The van der Waals surface area contributed by atoms with Crippen LogP contribution in [-0.4, -0.2) is 16.2 Å². The van der Waals surface area contributed by atoms with Gasteiger partial charge in [0, 0.05) is 0 Å². The summed E-state index contributed by atoms with van der Waals surface area (Å²) in [4.78, 5) is 10.7. The van der Waals surface area contributed by atoms with Gasteiger partial charge in [-0.25, -0.2) is 4.79 Å². The topological polar surface area (TPSA) is 57.5 Å². The average molecular weight is 206 g/mol. The van der Waals surface area contributed by atoms with E-state index < -0.39 is 12.1 Å². The van der Waals surface area contributed by atoms with E-state index in [1.807, 2.05) is 26.0 Å². The third kappa shape index (κ3) is 2.25. The molecule has 1 aromatic rings. The minimum absolute atomic E-state index is 0.431. The van der Waals surface area contributed by atoms with Crippen LogP contribution in [-0.2, 0) is 4.79 Å². The number of aliphatic hydroxyl groups is 1. The second-order valence-electron chi connectivity index (χ2n) is 3.17. The van der Waals surface area contributed by atoms with Crippen LogP contribution < -0.4 is 10.4 Å². The van der Waals surface area contributed by atoms with E-state index in [0.29, 0.717) is 5.56 Å². The Balaban J connectivity index is 3.51. The lowest BCUT2D eigenvalue weighted by Crippen LogP contribution is -2.31. The quantitative estimate of drug-likeness (QED) is 0.736. The normalized spacial score (nSPS) is 15.4. The molecule has 0 aromatic heterocycles. The zero-order valence-electron chi connectivity index (χ0n) is 8.77. The van der Waals surface area contributed by atoms with Crippen LogP contribution in [0.5, 0.6) is 0 Å². The van der Waals surface area contributed by atoms with Gasteiger partial charge in [0.15, 0.2) is 6.10 Å². The Bertz CT molecular complexity index is 474. The van der Waals surface area contributed by atoms with Gasteiger partial charge in [-0.2, -0.15) is 0 Å². The summed E-state index contributed by atoms with van der Waals surface area (Å²) in [7, 11) is 0. The second-order valence-corrected chi connectivity index (χ2v) is 3.17. The van der Waals surface area contributed by atoms with E-state index in [-0.39, 0.29) is 0 Å². The molecule has 1 aromatic carbocycles. The van der Waals surface area contributed by atoms with Gasteiger partial charge in [0.1, 0.15) is 0 Å². The highest BCUT2D eigenvalue weighted by molar-refractivity contribution is 5.74. The van der Waals surface area contributed by atoms with E-state index in [0.717, 1.165) is 10.4 Å². The number of rotatable bonds is 2. The summed E-state index contributed by atoms with van der Waals surface area (Å²) in [6, 6.07) is 5.25. The average Bonchev–Trinajstić information content (AvgIpc) is 2.26. The van der Waals surface area contributed by atoms with Gasteiger partial charge in [-0.15, -0.1) is 0 Å². The van der Waals surface area contributed by atoms with Gasteiger partial charge in [0.2, 0.25) is 0 Å². The Labute approximate surface area is 88.0 Å². The van der Waals surface area contributed by atoms with Crippen LogP contribution in [0.2, 0.25) is 0 Å². The summed E-state index contributed by atoms with van der Waals surface area (Å²) < 4.78 is 0. The van der Waals surface area contributed by atoms with Crippen LogP contribution in [0.15, 0.2) is 18.2 Å². The predicted octanol–water partition coefficient (Wildman–Crippen LogP) is 0.405. The van der Waals surface area contributed by atoms with E-state index in [4.69, 9.17) is 5.11 Å². The first kappa shape index (κ1) is 11.5. The number of carboxylic acid groups (broad SMARTS) is 1. The molecule has 0 fully saturated rings. The van der Waals surface area contributed by atoms with Crippen LogP contribution in [0.4, 0.5) is 0 Å². The fourth-order valence-corrected chi connectivity index (χ4v) is 1.56. The van der Waals surface area contributed by atoms with E-state index >= 15 is 0 Å². The number of aliphatic hydroxyl groups excluding tert-OH is 1. The maximum Gasteiger partial charge on any atom is 0.337 e. The number of aliphatic carboxylic acids is 1. The van der Waals surface area contributed by atoms with Gasteiger partial charge in [0.25, 0.3) is 0 Å². The smallest absolute Gasteiger partial charge is 0.337 e. The van der Waals surface area contributed by atoms with Gasteiger partial charge in [-0.1, -0.05) is 30.4 Å². The van der Waals surface area contributed by atoms with Gasteiger partial charge < -0.3 is 10.2 Å². The van der Waals surface area contributed by atoms with E-state index in [1.54, 1.807) is 18.2 Å². The third-order valence-corrected chi connectivity index (χ3v) is 2.30. The molecule has 0 aliphatic rings. The monoisotopic (exact) mass is 206 g/mol. The van der Waals surface area contributed by atoms with E-state index in [2.05, 4.69) is 0 Å². The number of carboxylic acids is 1. The number of benzene rings is 1. The van der Waals surface area contributed by atoms with Crippen molar-refractivity contribution in [2.24, 2.45) is 0 Å². The van der Waals surface area contributed by atoms with E-state index in [9.17, 15) is 9.90 Å². The lowest BCUT2D eigenvalue weighted by Gasteiger charge is -2.06. The fourth-order valence-electron chi connectivity index (χ4n) is 1.56. The summed E-state index contributed by atoms with van der Waals surface area (Å²) in [6.07, 6.45) is 2.22. The molecule has 15 heavy (non-hydrogen) atoms. The van der Waals surface area contributed by atoms with Crippen LogP contribution >= 0.6 is 0 Å². The van der Waals surface area contributed by atoms with Gasteiger partial charge in [0.05, 0.1) is 0 Å². The molecule has 0 aliphatic heterocycles. The molecule has 1 unspecified atom stereocenters. The van der Waals surface area contributed by atoms with Gasteiger partial charge in [-0.05, 0) is 29.8 Å². The minimum Gasteiger partial charge on any atom is -0.479 e. The fraction of sp³-hybridized carbons (Fsp3) is 0.250. The molecule has 0 saturated heterocycles. The zero-order chi connectivity index (χ0) is 11.4. The molecular formula is C12H14O3. The number of carbonyl (C=O) groups is 1. The van der Waals surface area contributed by atoms with Crippen molar-refractivity contribution in [3.63, 3.8) is 0 Å². The van der Waals surface area contributed by atoms with Crippen LogP contribution in [0.25, 0.3) is 12.2 Å². The van der Waals surface area contributed by atoms with Crippen molar-refractivity contribution in [1.29, 1.82) is 0 Å². The van der Waals surface area contributed by atoms with Crippen molar-refractivity contribution in [2.45, 2.75) is 20.0 Å². The Morgan fingerprint density at radius 2 is 2.00 bits per heavy atom. The molecule has 80 valence electrons. The highest BCUT2D eigenvalue weighted by Crippen LogP contribution is 2.06. The molecule has 3 heteroatoms. The summed E-state index contributed by atoms with van der Waals surface area (Å²) in [5, 5.41) is 19.9. The largest absolute Gasteiger partial charge is 0.479 e. The molecule has 0 heterocycles. The van der Waals surface area contributed by atoms with Crippen molar-refractivity contribution in [3.8, 4) is 0 Å². The molecule has 1 rings (SSSR count). The summed E-state index contributed by atoms with van der Waals surface area (Å²) >= 11 is 0. The molecule has 0 radical (unpaired) electrons. The summed E-state index contributed by atoms with van der Waals surface area (Å²) in [5.74, 6) is -1.23. The van der Waals surface area contributed by atoms with Gasteiger partial charge in [-0.3, -0.25) is 0 Å². The lowest BCUT2D eigenvalue weighted by atomic mass is 10.0. The summed E-state index contributed by atoms with van der Waals surface area (Å²) in [6.45, 7) is 3.69. The van der Waals surface area contributed by atoms with Crippen LogP contribution in [0.3, 0.4) is 0 Å². The highest BCUT2D eigenvalue weighted by Gasteiger charge is 2.16. The molecule has 3 nitrogen and oxygen atoms in total. The number of hydrogen-bond acceptors (Lipinski definition) is 2. The maximum absolute atomic E-state index is 10.7. The van der Waals surface area contributed by atoms with E-state index in [1.165, 1.54) is 0 Å². The molecule has 1 atom stereocenters. The van der Waals surface area contributed by atoms with Crippen molar-refractivity contribution < 1.29 is 15.0 Å². The first-order valence-electron chi connectivity index (χ1n) is 4.74. The SMILES string of the molecule is CC=c1cccc(C(O)C(=O)O)c1=CC. The molecule has 2 N–H and O–H groups in total. The first-order chi connectivity index (χ1) is 7.11. The highest BCUT2D eigenvalue weighted by atomic mass is 16.4. The first-order valence-corrected chi connectivity index (χ1v) is 4.74. The zero-order valence-corrected chi connectivity index (χ0v) is 8.77. The molecule has 0 amide bonds. The van der Waals surface area contributed by atoms with Crippen molar-refractivity contribution in [3.05, 3.63) is 34.2 Å². The molecule has 0 bridgehead atoms. The Morgan fingerprint density at radius 1 is 1.33 bits per heavy atom. The number of hydrogen-bond donors (Lipinski definition) is 2. The minimum atomic E-state index is -1.46. The third-order valence-electron chi connectivity index (χ3n) is 2.30. The van der Waals surface area contributed by atoms with Crippen LogP contribution in [0.1, 0.15) is 25.5 Å². The van der Waals surface area contributed by atoms with Crippen molar-refractivity contribution in [1.82, 2.24) is 0 Å². The Morgan fingerprint density at radius 3 is 2.47 bits per heavy atom.